The quantitative estimate of drug-likeness (QED) is 0.542. The Kier molecular flexibility index (Phi) is 7.13. The van der Waals surface area contributed by atoms with Gasteiger partial charge in [0.1, 0.15) is 17.3 Å². The van der Waals surface area contributed by atoms with Crippen LogP contribution in [0.1, 0.15) is 16.9 Å². The van der Waals surface area contributed by atoms with Crippen molar-refractivity contribution in [2.45, 2.75) is 6.42 Å². The molecule has 2 N–H and O–H groups in total. The van der Waals surface area contributed by atoms with E-state index in [0.29, 0.717) is 18.1 Å². The molecule has 3 rings (SSSR count). The number of hydrogen-bond donors (Lipinski definition) is 2. The van der Waals surface area contributed by atoms with E-state index in [1.165, 1.54) is 12.4 Å². The number of carbonyl (C=O) groups excluding carboxylic acids is 1. The minimum atomic E-state index is -0.226. The van der Waals surface area contributed by atoms with Gasteiger partial charge in [-0.2, -0.15) is 0 Å². The molecule has 7 heteroatoms. The maximum absolute atomic E-state index is 12.1. The average molecular weight is 391 g/mol. The van der Waals surface area contributed by atoms with Crippen LogP contribution in [-0.2, 0) is 0 Å². The number of carbonyl (C=O) groups is 1. The van der Waals surface area contributed by atoms with E-state index < -0.39 is 0 Å². The van der Waals surface area contributed by atoms with Crippen molar-refractivity contribution in [3.8, 4) is 11.5 Å². The van der Waals surface area contributed by atoms with Crippen molar-refractivity contribution in [1.29, 1.82) is 0 Å². The van der Waals surface area contributed by atoms with Crippen LogP contribution in [0.3, 0.4) is 0 Å². The number of nitrogens with zero attached hydrogens (tertiary/aromatic N) is 3. The molecule has 29 heavy (non-hydrogen) atoms. The summed E-state index contributed by atoms with van der Waals surface area (Å²) >= 11 is 0. The number of amides is 1. The average Bonchev–Trinajstić information content (AvgIpc) is 2.74. The smallest absolute Gasteiger partial charge is 0.271 e. The highest BCUT2D eigenvalue weighted by Gasteiger charge is 2.09. The van der Waals surface area contributed by atoms with Crippen LogP contribution in [-0.4, -0.2) is 48.0 Å². The third-order valence-corrected chi connectivity index (χ3v) is 4.07. The molecule has 7 nitrogen and oxygen atoms in total. The Morgan fingerprint density at radius 2 is 1.76 bits per heavy atom. The van der Waals surface area contributed by atoms with Crippen LogP contribution in [0.2, 0.25) is 0 Å². The summed E-state index contributed by atoms with van der Waals surface area (Å²) in [5.74, 6) is 1.71. The summed E-state index contributed by atoms with van der Waals surface area (Å²) in [6.45, 7) is 1.52. The first kappa shape index (κ1) is 20.3. The Morgan fingerprint density at radius 3 is 2.48 bits per heavy atom. The standard InChI is InChI=1S/C22H25N5O2/c1-27(2)14-8-13-23-22(28)19-15-25-21(16-24-19)26-18-11-6-7-12-20(18)29-17-9-4-3-5-10-17/h3-7,9-12,15-16H,8,13-14H2,1-2H3,(H,23,28)(H,25,26). The number of benzene rings is 2. The number of aromatic nitrogens is 2. The van der Waals surface area contributed by atoms with Gasteiger partial charge in [-0.15, -0.1) is 0 Å². The van der Waals surface area contributed by atoms with Gasteiger partial charge in [-0.25, -0.2) is 9.97 Å². The maximum Gasteiger partial charge on any atom is 0.271 e. The minimum absolute atomic E-state index is 0.226. The molecule has 0 aliphatic heterocycles. The van der Waals surface area contributed by atoms with Gasteiger partial charge in [0.15, 0.2) is 5.75 Å². The first-order chi connectivity index (χ1) is 14.1. The highest BCUT2D eigenvalue weighted by molar-refractivity contribution is 5.92. The molecule has 0 saturated heterocycles. The van der Waals surface area contributed by atoms with E-state index >= 15 is 0 Å². The third-order valence-electron chi connectivity index (χ3n) is 4.07. The summed E-state index contributed by atoms with van der Waals surface area (Å²) in [4.78, 5) is 22.7. The first-order valence-corrected chi connectivity index (χ1v) is 9.46. The second-order valence-electron chi connectivity index (χ2n) is 6.74. The van der Waals surface area contributed by atoms with E-state index in [9.17, 15) is 4.79 Å². The number of rotatable bonds is 9. The Morgan fingerprint density at radius 1 is 1.00 bits per heavy atom. The van der Waals surface area contributed by atoms with Gasteiger partial charge in [0.2, 0.25) is 0 Å². The number of nitrogens with one attached hydrogen (secondary N) is 2. The molecule has 1 amide bonds. The molecule has 0 atom stereocenters. The van der Waals surface area contributed by atoms with Crippen molar-refractivity contribution >= 4 is 17.4 Å². The van der Waals surface area contributed by atoms with Crippen molar-refractivity contribution in [1.82, 2.24) is 20.2 Å². The molecule has 1 aromatic heterocycles. The van der Waals surface area contributed by atoms with E-state index in [1.54, 1.807) is 0 Å². The van der Waals surface area contributed by atoms with Crippen LogP contribution in [0.5, 0.6) is 11.5 Å². The Hall–Kier alpha value is -3.45. The normalized spacial score (nSPS) is 10.6. The highest BCUT2D eigenvalue weighted by atomic mass is 16.5. The molecule has 2 aromatic carbocycles. The summed E-state index contributed by atoms with van der Waals surface area (Å²) in [6.07, 6.45) is 3.88. The fraction of sp³-hybridized carbons (Fsp3) is 0.227. The zero-order valence-electron chi connectivity index (χ0n) is 16.6. The Labute approximate surface area is 170 Å². The summed E-state index contributed by atoms with van der Waals surface area (Å²) < 4.78 is 5.94. The summed E-state index contributed by atoms with van der Waals surface area (Å²) in [5.41, 5.74) is 1.04. The lowest BCUT2D eigenvalue weighted by Gasteiger charge is -2.12. The highest BCUT2D eigenvalue weighted by Crippen LogP contribution is 2.30. The SMILES string of the molecule is CN(C)CCCNC(=O)c1cnc(Nc2ccccc2Oc2ccccc2)cn1. The molecule has 0 aliphatic carbocycles. The lowest BCUT2D eigenvalue weighted by atomic mass is 10.3. The van der Waals surface area contributed by atoms with Crippen LogP contribution in [0, 0.1) is 0 Å². The van der Waals surface area contributed by atoms with Crippen molar-refractivity contribution in [2.24, 2.45) is 0 Å². The Bertz CT molecular complexity index is 914. The van der Waals surface area contributed by atoms with Crippen LogP contribution in [0.4, 0.5) is 11.5 Å². The van der Waals surface area contributed by atoms with E-state index in [1.807, 2.05) is 68.7 Å². The lowest BCUT2D eigenvalue weighted by Crippen LogP contribution is -2.27. The van der Waals surface area contributed by atoms with E-state index in [4.69, 9.17) is 4.74 Å². The second kappa shape index (κ2) is 10.2. The molecule has 0 unspecified atom stereocenters. The fourth-order valence-corrected chi connectivity index (χ4v) is 2.61. The fourth-order valence-electron chi connectivity index (χ4n) is 2.61. The van der Waals surface area contributed by atoms with Gasteiger partial charge >= 0.3 is 0 Å². The number of para-hydroxylation sites is 3. The summed E-state index contributed by atoms with van der Waals surface area (Å²) in [7, 11) is 4.00. The van der Waals surface area contributed by atoms with Gasteiger partial charge in [0.25, 0.3) is 5.91 Å². The largest absolute Gasteiger partial charge is 0.455 e. The summed E-state index contributed by atoms with van der Waals surface area (Å²) in [6, 6.07) is 17.1. The van der Waals surface area contributed by atoms with Gasteiger partial charge in [-0.3, -0.25) is 4.79 Å². The van der Waals surface area contributed by atoms with Gasteiger partial charge in [0, 0.05) is 6.54 Å². The molecule has 150 valence electrons. The monoisotopic (exact) mass is 391 g/mol. The van der Waals surface area contributed by atoms with E-state index in [2.05, 4.69) is 25.5 Å². The van der Waals surface area contributed by atoms with Crippen molar-refractivity contribution in [3.05, 3.63) is 72.7 Å². The zero-order chi connectivity index (χ0) is 20.5. The number of hydrogen-bond acceptors (Lipinski definition) is 6. The van der Waals surface area contributed by atoms with Gasteiger partial charge in [-0.05, 0) is 51.3 Å². The molecular weight excluding hydrogens is 366 g/mol. The molecule has 0 radical (unpaired) electrons. The van der Waals surface area contributed by atoms with Crippen molar-refractivity contribution < 1.29 is 9.53 Å². The zero-order valence-corrected chi connectivity index (χ0v) is 16.6. The first-order valence-electron chi connectivity index (χ1n) is 9.46. The molecule has 0 bridgehead atoms. The van der Waals surface area contributed by atoms with Crippen molar-refractivity contribution in [3.63, 3.8) is 0 Å². The maximum atomic E-state index is 12.1. The molecule has 1 heterocycles. The lowest BCUT2D eigenvalue weighted by molar-refractivity contribution is 0.0947. The molecule has 3 aromatic rings. The van der Waals surface area contributed by atoms with Gasteiger partial charge in [-0.1, -0.05) is 30.3 Å². The third kappa shape index (κ3) is 6.29. The molecule has 0 aliphatic rings. The molecular formula is C22H25N5O2. The van der Waals surface area contributed by atoms with Gasteiger partial charge in [0.05, 0.1) is 18.1 Å². The van der Waals surface area contributed by atoms with Crippen LogP contribution >= 0.6 is 0 Å². The van der Waals surface area contributed by atoms with E-state index in [0.717, 1.165) is 24.4 Å². The Balaban J connectivity index is 1.61. The summed E-state index contributed by atoms with van der Waals surface area (Å²) in [5, 5.41) is 6.04. The topological polar surface area (TPSA) is 79.4 Å². The molecule has 0 saturated carbocycles. The van der Waals surface area contributed by atoms with Crippen molar-refractivity contribution in [2.75, 3.05) is 32.5 Å². The number of anilines is 2. The van der Waals surface area contributed by atoms with Gasteiger partial charge < -0.3 is 20.3 Å². The van der Waals surface area contributed by atoms with Crippen LogP contribution < -0.4 is 15.4 Å². The number of ether oxygens (including phenoxy) is 1. The predicted molar refractivity (Wildman–Crippen MR) is 114 cm³/mol. The van der Waals surface area contributed by atoms with Crippen LogP contribution in [0.15, 0.2) is 67.0 Å². The second-order valence-corrected chi connectivity index (χ2v) is 6.74. The molecule has 0 fully saturated rings. The van der Waals surface area contributed by atoms with Crippen LogP contribution in [0.25, 0.3) is 0 Å². The predicted octanol–water partition coefficient (Wildman–Crippen LogP) is 3.69. The van der Waals surface area contributed by atoms with E-state index in [-0.39, 0.29) is 11.6 Å². The molecule has 0 spiro atoms. The minimum Gasteiger partial charge on any atom is -0.455 e.